The molecular weight excluding hydrogens is 262 g/mol. The highest BCUT2D eigenvalue weighted by Crippen LogP contribution is 2.17. The van der Waals surface area contributed by atoms with Gasteiger partial charge in [0, 0.05) is 18.1 Å². The van der Waals surface area contributed by atoms with E-state index in [1.807, 2.05) is 38.1 Å². The molecular formula is C17H15N3O. The third-order valence-corrected chi connectivity index (χ3v) is 2.99. The van der Waals surface area contributed by atoms with E-state index in [2.05, 4.69) is 10.3 Å². The largest absolute Gasteiger partial charge is 0.321 e. The molecule has 1 N–H and O–H groups in total. The fourth-order valence-corrected chi connectivity index (χ4v) is 1.92. The number of amides is 1. The highest BCUT2D eigenvalue weighted by Gasteiger charge is 2.10. The fraction of sp³-hybridized carbons (Fsp3) is 0.118. The van der Waals surface area contributed by atoms with Crippen molar-refractivity contribution in [3.8, 4) is 6.07 Å². The van der Waals surface area contributed by atoms with Crippen molar-refractivity contribution in [1.29, 1.82) is 5.26 Å². The van der Waals surface area contributed by atoms with Crippen LogP contribution in [0.5, 0.6) is 0 Å². The predicted molar refractivity (Wildman–Crippen MR) is 82.4 cm³/mol. The van der Waals surface area contributed by atoms with Crippen LogP contribution in [0.3, 0.4) is 0 Å². The molecule has 0 aliphatic rings. The molecule has 0 unspecified atom stereocenters. The normalized spacial score (nSPS) is 10.8. The quantitative estimate of drug-likeness (QED) is 0.691. The maximum atomic E-state index is 12.2. The van der Waals surface area contributed by atoms with Crippen LogP contribution in [0.2, 0.25) is 0 Å². The molecule has 2 rings (SSSR count). The van der Waals surface area contributed by atoms with Gasteiger partial charge in [0.05, 0.1) is 0 Å². The van der Waals surface area contributed by atoms with Crippen molar-refractivity contribution in [2.24, 2.45) is 0 Å². The van der Waals surface area contributed by atoms with Gasteiger partial charge < -0.3 is 5.32 Å². The van der Waals surface area contributed by atoms with Crippen molar-refractivity contribution in [1.82, 2.24) is 4.98 Å². The van der Waals surface area contributed by atoms with Crippen molar-refractivity contribution in [2.75, 3.05) is 5.32 Å². The van der Waals surface area contributed by atoms with E-state index in [4.69, 9.17) is 5.26 Å². The molecule has 0 aliphatic heterocycles. The van der Waals surface area contributed by atoms with Crippen LogP contribution < -0.4 is 5.32 Å². The molecule has 4 heteroatoms. The molecule has 1 amide bonds. The average Bonchev–Trinajstić information content (AvgIpc) is 2.48. The number of benzene rings is 1. The van der Waals surface area contributed by atoms with Crippen LogP contribution in [0.15, 0.2) is 48.3 Å². The van der Waals surface area contributed by atoms with Gasteiger partial charge in [-0.2, -0.15) is 5.26 Å². The summed E-state index contributed by atoms with van der Waals surface area (Å²) in [4.78, 5) is 16.1. The number of hydrogen-bond donors (Lipinski definition) is 1. The van der Waals surface area contributed by atoms with Gasteiger partial charge in [0.1, 0.15) is 11.6 Å². The van der Waals surface area contributed by atoms with Gasteiger partial charge >= 0.3 is 0 Å². The summed E-state index contributed by atoms with van der Waals surface area (Å²) in [5, 5.41) is 11.9. The monoisotopic (exact) mass is 277 g/mol. The zero-order valence-corrected chi connectivity index (χ0v) is 11.9. The number of aryl methyl sites for hydroxylation is 2. The second-order valence-electron chi connectivity index (χ2n) is 4.73. The van der Waals surface area contributed by atoms with Gasteiger partial charge in [0.15, 0.2) is 0 Å². The molecule has 21 heavy (non-hydrogen) atoms. The Balaban J connectivity index is 2.22. The number of anilines is 1. The first kappa shape index (κ1) is 14.5. The maximum absolute atomic E-state index is 12.2. The first-order chi connectivity index (χ1) is 10.1. The Kier molecular flexibility index (Phi) is 4.47. The maximum Gasteiger partial charge on any atom is 0.266 e. The lowest BCUT2D eigenvalue weighted by atomic mass is 10.1. The summed E-state index contributed by atoms with van der Waals surface area (Å²) in [5.41, 5.74) is 3.55. The lowest BCUT2D eigenvalue weighted by Gasteiger charge is -2.08. The van der Waals surface area contributed by atoms with Gasteiger partial charge in [-0.15, -0.1) is 0 Å². The number of pyridine rings is 1. The van der Waals surface area contributed by atoms with E-state index in [1.165, 1.54) is 6.08 Å². The number of nitrogens with one attached hydrogen (secondary N) is 1. The Morgan fingerprint density at radius 3 is 2.76 bits per heavy atom. The van der Waals surface area contributed by atoms with Crippen LogP contribution in [0.25, 0.3) is 6.08 Å². The minimum Gasteiger partial charge on any atom is -0.321 e. The third kappa shape index (κ3) is 3.77. The summed E-state index contributed by atoms with van der Waals surface area (Å²) < 4.78 is 0. The van der Waals surface area contributed by atoms with Crippen LogP contribution in [-0.4, -0.2) is 10.9 Å². The fourth-order valence-electron chi connectivity index (χ4n) is 1.92. The van der Waals surface area contributed by atoms with Crippen molar-refractivity contribution >= 4 is 17.7 Å². The number of nitriles is 1. The van der Waals surface area contributed by atoms with E-state index in [1.54, 1.807) is 24.5 Å². The van der Waals surface area contributed by atoms with Gasteiger partial charge in [0.25, 0.3) is 5.91 Å². The van der Waals surface area contributed by atoms with Gasteiger partial charge in [-0.3, -0.25) is 9.78 Å². The Morgan fingerprint density at radius 2 is 2.14 bits per heavy atom. The summed E-state index contributed by atoms with van der Waals surface area (Å²) in [6, 6.07) is 11.2. The zero-order chi connectivity index (χ0) is 15.2. The number of carbonyl (C=O) groups excluding carboxylic acids is 1. The van der Waals surface area contributed by atoms with Crippen LogP contribution in [0, 0.1) is 25.2 Å². The van der Waals surface area contributed by atoms with Crippen molar-refractivity contribution in [2.45, 2.75) is 13.8 Å². The second kappa shape index (κ2) is 6.49. The first-order valence-corrected chi connectivity index (χ1v) is 6.50. The third-order valence-electron chi connectivity index (χ3n) is 2.99. The number of hydrogen-bond acceptors (Lipinski definition) is 3. The molecule has 0 bridgehead atoms. The Hall–Kier alpha value is -2.93. The molecule has 1 aromatic carbocycles. The first-order valence-electron chi connectivity index (χ1n) is 6.50. The minimum atomic E-state index is -0.423. The standard InChI is InChI=1S/C17H15N3O/c1-12-5-6-16(13(2)8-12)20-17(21)15(10-18)9-14-4-3-7-19-11-14/h3-9,11H,1-2H3,(H,20,21)/b15-9+. The molecule has 4 nitrogen and oxygen atoms in total. The van der Waals surface area contributed by atoms with E-state index in [-0.39, 0.29) is 5.57 Å². The van der Waals surface area contributed by atoms with E-state index in [0.717, 1.165) is 11.1 Å². The number of carbonyl (C=O) groups is 1. The Labute approximate surface area is 123 Å². The van der Waals surface area contributed by atoms with Gasteiger partial charge in [-0.05, 0) is 43.2 Å². The average molecular weight is 277 g/mol. The van der Waals surface area contributed by atoms with Crippen LogP contribution in [-0.2, 0) is 4.79 Å². The van der Waals surface area contributed by atoms with Gasteiger partial charge in [0.2, 0.25) is 0 Å². The molecule has 0 saturated heterocycles. The van der Waals surface area contributed by atoms with Crippen molar-refractivity contribution in [3.63, 3.8) is 0 Å². The number of rotatable bonds is 3. The van der Waals surface area contributed by atoms with Gasteiger partial charge in [-0.1, -0.05) is 23.8 Å². The summed E-state index contributed by atoms with van der Waals surface area (Å²) in [6.07, 6.45) is 4.76. The molecule has 1 aromatic heterocycles. The van der Waals surface area contributed by atoms with Crippen LogP contribution in [0.4, 0.5) is 5.69 Å². The highest BCUT2D eigenvalue weighted by atomic mass is 16.1. The van der Waals surface area contributed by atoms with Crippen molar-refractivity contribution < 1.29 is 4.79 Å². The lowest BCUT2D eigenvalue weighted by Crippen LogP contribution is -2.14. The predicted octanol–water partition coefficient (Wildman–Crippen LogP) is 3.24. The smallest absolute Gasteiger partial charge is 0.266 e. The molecule has 0 spiro atoms. The van der Waals surface area contributed by atoms with Crippen LogP contribution in [0.1, 0.15) is 16.7 Å². The topological polar surface area (TPSA) is 65.8 Å². The molecule has 1 heterocycles. The Morgan fingerprint density at radius 1 is 1.33 bits per heavy atom. The summed E-state index contributed by atoms with van der Waals surface area (Å²) in [7, 11) is 0. The Bertz CT molecular complexity index is 727. The van der Waals surface area contributed by atoms with Gasteiger partial charge in [-0.25, -0.2) is 0 Å². The molecule has 0 radical (unpaired) electrons. The van der Waals surface area contributed by atoms with E-state index < -0.39 is 5.91 Å². The molecule has 0 fully saturated rings. The van der Waals surface area contributed by atoms with Crippen LogP contribution >= 0.6 is 0 Å². The number of nitrogens with zero attached hydrogens (tertiary/aromatic N) is 2. The summed E-state index contributed by atoms with van der Waals surface area (Å²) in [5.74, 6) is -0.423. The zero-order valence-electron chi connectivity index (χ0n) is 11.9. The molecule has 104 valence electrons. The van der Waals surface area contributed by atoms with E-state index >= 15 is 0 Å². The molecule has 2 aromatic rings. The van der Waals surface area contributed by atoms with E-state index in [0.29, 0.717) is 11.3 Å². The molecule has 0 saturated carbocycles. The summed E-state index contributed by atoms with van der Waals surface area (Å²) >= 11 is 0. The van der Waals surface area contributed by atoms with Crippen molar-refractivity contribution in [3.05, 3.63) is 65.0 Å². The molecule has 0 aliphatic carbocycles. The lowest BCUT2D eigenvalue weighted by molar-refractivity contribution is -0.112. The SMILES string of the molecule is Cc1ccc(NC(=O)/C(C#N)=C/c2cccnc2)c(C)c1. The van der Waals surface area contributed by atoms with E-state index in [9.17, 15) is 4.79 Å². The minimum absolute atomic E-state index is 0.0444. The molecule has 0 atom stereocenters. The highest BCUT2D eigenvalue weighted by molar-refractivity contribution is 6.09. The number of aromatic nitrogens is 1. The summed E-state index contributed by atoms with van der Waals surface area (Å²) in [6.45, 7) is 3.90. The second-order valence-corrected chi connectivity index (χ2v) is 4.73.